The average Bonchev–Trinajstić information content (AvgIpc) is 2.64. The van der Waals surface area contributed by atoms with Gasteiger partial charge in [-0.2, -0.15) is 0 Å². The largest absolute Gasteiger partial charge is 0.465 e. The molecule has 28 heavy (non-hydrogen) atoms. The molecule has 0 aliphatic rings. The van der Waals surface area contributed by atoms with E-state index in [2.05, 4.69) is 10.6 Å². The zero-order valence-corrected chi connectivity index (χ0v) is 16.8. The van der Waals surface area contributed by atoms with Crippen molar-refractivity contribution in [3.05, 3.63) is 58.7 Å². The van der Waals surface area contributed by atoms with Gasteiger partial charge in [0.05, 0.1) is 18.4 Å². The van der Waals surface area contributed by atoms with Crippen molar-refractivity contribution in [2.45, 2.75) is 20.8 Å². The highest BCUT2D eigenvalue weighted by atomic mass is 16.5. The number of esters is 1. The Kier molecular flexibility index (Phi) is 6.76. The topological polar surface area (TPSA) is 87.7 Å². The van der Waals surface area contributed by atoms with Crippen LogP contribution in [0.25, 0.3) is 0 Å². The molecule has 0 unspecified atom stereocenters. The molecule has 148 valence electrons. The number of nitrogens with one attached hydrogen (secondary N) is 2. The Bertz CT molecular complexity index is 885. The van der Waals surface area contributed by atoms with Crippen molar-refractivity contribution >= 4 is 29.3 Å². The minimum atomic E-state index is -0.554. The van der Waals surface area contributed by atoms with Gasteiger partial charge in [0.1, 0.15) is 6.54 Å². The Morgan fingerprint density at radius 3 is 2.21 bits per heavy atom. The zero-order valence-electron chi connectivity index (χ0n) is 16.8. The van der Waals surface area contributed by atoms with Crippen LogP contribution in [0, 0.1) is 20.8 Å². The molecule has 0 aromatic heterocycles. The molecular formula is C21H25N3O4. The van der Waals surface area contributed by atoms with Crippen LogP contribution < -0.4 is 10.6 Å². The summed E-state index contributed by atoms with van der Waals surface area (Å²) in [5.41, 5.74) is 4.35. The smallest absolute Gasteiger partial charge is 0.339 e. The van der Waals surface area contributed by atoms with Crippen molar-refractivity contribution in [3.8, 4) is 0 Å². The Balaban J connectivity index is 2.03. The molecule has 0 atom stereocenters. The second-order valence-electron chi connectivity index (χ2n) is 6.65. The van der Waals surface area contributed by atoms with E-state index in [-0.39, 0.29) is 18.0 Å². The van der Waals surface area contributed by atoms with Crippen molar-refractivity contribution in [2.75, 3.05) is 31.3 Å². The van der Waals surface area contributed by atoms with Crippen LogP contribution in [0.3, 0.4) is 0 Å². The molecule has 0 aliphatic heterocycles. The number of carbonyl (C=O) groups is 3. The lowest BCUT2D eigenvalue weighted by Gasteiger charge is -2.19. The van der Waals surface area contributed by atoms with Gasteiger partial charge in [-0.3, -0.25) is 4.79 Å². The molecule has 2 N–H and O–H groups in total. The number of hydrogen-bond acceptors (Lipinski definition) is 4. The van der Waals surface area contributed by atoms with Crippen LogP contribution in [0.1, 0.15) is 27.0 Å². The second-order valence-corrected chi connectivity index (χ2v) is 6.65. The number of ether oxygens (including phenoxy) is 1. The molecule has 0 spiro atoms. The van der Waals surface area contributed by atoms with Crippen molar-refractivity contribution in [1.82, 2.24) is 4.90 Å². The fraction of sp³-hybridized carbons (Fsp3) is 0.286. The second kappa shape index (κ2) is 9.03. The van der Waals surface area contributed by atoms with Crippen molar-refractivity contribution < 1.29 is 19.1 Å². The first-order valence-electron chi connectivity index (χ1n) is 8.80. The summed E-state index contributed by atoms with van der Waals surface area (Å²) >= 11 is 0. The van der Waals surface area contributed by atoms with E-state index in [4.69, 9.17) is 4.74 Å². The average molecular weight is 383 g/mol. The predicted molar refractivity (Wildman–Crippen MR) is 109 cm³/mol. The highest BCUT2D eigenvalue weighted by molar-refractivity contribution is 6.02. The van der Waals surface area contributed by atoms with Gasteiger partial charge in [-0.1, -0.05) is 29.8 Å². The number of rotatable bonds is 5. The number of amides is 3. The van der Waals surface area contributed by atoms with E-state index in [0.717, 1.165) is 22.4 Å². The Labute approximate surface area is 164 Å². The molecule has 0 radical (unpaired) electrons. The highest BCUT2D eigenvalue weighted by Gasteiger charge is 2.18. The van der Waals surface area contributed by atoms with Crippen molar-refractivity contribution in [2.24, 2.45) is 0 Å². The van der Waals surface area contributed by atoms with Crippen molar-refractivity contribution in [3.63, 3.8) is 0 Å². The first-order valence-corrected chi connectivity index (χ1v) is 8.80. The number of methoxy groups -OCH3 is 1. The number of aryl methyl sites for hydroxylation is 3. The summed E-state index contributed by atoms with van der Waals surface area (Å²) in [5, 5.41) is 5.49. The number of nitrogens with zero attached hydrogens (tertiary/aromatic N) is 1. The van der Waals surface area contributed by atoms with E-state index < -0.39 is 12.0 Å². The molecule has 3 amide bonds. The molecule has 2 aromatic rings. The molecular weight excluding hydrogens is 358 g/mol. The van der Waals surface area contributed by atoms with Crippen LogP contribution in [0.15, 0.2) is 36.4 Å². The molecule has 7 heteroatoms. The van der Waals surface area contributed by atoms with E-state index in [0.29, 0.717) is 5.69 Å². The molecule has 0 saturated carbocycles. The van der Waals surface area contributed by atoms with Gasteiger partial charge < -0.3 is 20.3 Å². The molecule has 2 rings (SSSR count). The monoisotopic (exact) mass is 383 g/mol. The van der Waals surface area contributed by atoms with Gasteiger partial charge >= 0.3 is 12.0 Å². The van der Waals surface area contributed by atoms with Crippen LogP contribution in [0.2, 0.25) is 0 Å². The normalized spacial score (nSPS) is 10.2. The minimum Gasteiger partial charge on any atom is -0.465 e. The summed E-state index contributed by atoms with van der Waals surface area (Å²) < 4.78 is 4.71. The van der Waals surface area contributed by atoms with Gasteiger partial charge in [-0.25, -0.2) is 9.59 Å². The lowest BCUT2D eigenvalue weighted by molar-refractivity contribution is -0.116. The quantitative estimate of drug-likeness (QED) is 0.774. The minimum absolute atomic E-state index is 0.140. The maximum Gasteiger partial charge on any atom is 0.339 e. The SMILES string of the molecule is COC(=O)c1ccccc1NC(=O)N(C)CC(=O)Nc1c(C)cc(C)cc1C. The lowest BCUT2D eigenvalue weighted by Crippen LogP contribution is -2.38. The van der Waals surface area contributed by atoms with Gasteiger partial charge in [0, 0.05) is 12.7 Å². The molecule has 2 aromatic carbocycles. The maximum absolute atomic E-state index is 12.4. The van der Waals surface area contributed by atoms with Crippen molar-refractivity contribution in [1.29, 1.82) is 0 Å². The number of urea groups is 1. The maximum atomic E-state index is 12.4. The van der Waals surface area contributed by atoms with E-state index >= 15 is 0 Å². The summed E-state index contributed by atoms with van der Waals surface area (Å²) in [5.74, 6) is -0.865. The van der Waals surface area contributed by atoms with Gasteiger partial charge in [0.25, 0.3) is 0 Å². The van der Waals surface area contributed by atoms with E-state index in [9.17, 15) is 14.4 Å². The number of hydrogen-bond donors (Lipinski definition) is 2. The standard InChI is InChI=1S/C21H25N3O4/c1-13-10-14(2)19(15(3)11-13)23-18(25)12-24(4)21(27)22-17-9-7-6-8-16(17)20(26)28-5/h6-11H,12H2,1-5H3,(H,22,27)(H,23,25). The number of benzene rings is 2. The van der Waals surface area contributed by atoms with Gasteiger partial charge in [0.15, 0.2) is 0 Å². The van der Waals surface area contributed by atoms with E-state index in [1.807, 2.05) is 32.9 Å². The van der Waals surface area contributed by atoms with Crippen LogP contribution in [-0.2, 0) is 9.53 Å². The van der Waals surface area contributed by atoms with E-state index in [1.54, 1.807) is 24.3 Å². The Hall–Kier alpha value is -3.35. The van der Waals surface area contributed by atoms with Gasteiger partial charge in [-0.05, 0) is 44.0 Å². The molecule has 0 heterocycles. The van der Waals surface area contributed by atoms with Crippen LogP contribution in [0.5, 0.6) is 0 Å². The van der Waals surface area contributed by atoms with Crippen LogP contribution in [-0.4, -0.2) is 43.5 Å². The fourth-order valence-electron chi connectivity index (χ4n) is 2.93. The molecule has 0 bridgehead atoms. The third-order valence-corrected chi connectivity index (χ3v) is 4.24. The third-order valence-electron chi connectivity index (χ3n) is 4.24. The van der Waals surface area contributed by atoms with Gasteiger partial charge in [0.2, 0.25) is 5.91 Å². The molecule has 7 nitrogen and oxygen atoms in total. The predicted octanol–water partition coefficient (Wildman–Crippen LogP) is 3.50. The Morgan fingerprint density at radius 2 is 1.61 bits per heavy atom. The van der Waals surface area contributed by atoms with E-state index in [1.165, 1.54) is 19.1 Å². The molecule has 0 fully saturated rings. The highest BCUT2D eigenvalue weighted by Crippen LogP contribution is 2.22. The number of likely N-dealkylation sites (N-methyl/N-ethyl adjacent to an activating group) is 1. The van der Waals surface area contributed by atoms with Crippen LogP contribution in [0.4, 0.5) is 16.2 Å². The summed E-state index contributed by atoms with van der Waals surface area (Å²) in [4.78, 5) is 37.8. The summed E-state index contributed by atoms with van der Waals surface area (Å²) in [6.07, 6.45) is 0. The Morgan fingerprint density at radius 1 is 1.00 bits per heavy atom. The summed E-state index contributed by atoms with van der Waals surface area (Å²) in [6, 6.07) is 9.98. The number of carbonyl (C=O) groups excluding carboxylic acids is 3. The first-order chi connectivity index (χ1) is 13.2. The number of anilines is 2. The van der Waals surface area contributed by atoms with Crippen LogP contribution >= 0.6 is 0 Å². The third kappa shape index (κ3) is 5.09. The number of para-hydroxylation sites is 1. The fourth-order valence-corrected chi connectivity index (χ4v) is 2.93. The lowest BCUT2D eigenvalue weighted by atomic mass is 10.1. The van der Waals surface area contributed by atoms with Gasteiger partial charge in [-0.15, -0.1) is 0 Å². The molecule has 0 saturated heterocycles. The zero-order chi connectivity index (χ0) is 20.8. The molecule has 0 aliphatic carbocycles. The summed E-state index contributed by atoms with van der Waals surface area (Å²) in [7, 11) is 2.77. The summed E-state index contributed by atoms with van der Waals surface area (Å²) in [6.45, 7) is 5.71. The first kappa shape index (κ1) is 21.0.